The van der Waals surface area contributed by atoms with Crippen molar-refractivity contribution in [3.8, 4) is 0 Å². The lowest BCUT2D eigenvalue weighted by Crippen LogP contribution is -2.26. The Morgan fingerprint density at radius 1 is 1.80 bits per heavy atom. The summed E-state index contributed by atoms with van der Waals surface area (Å²) in [5.74, 6) is 0.304. The van der Waals surface area contributed by atoms with Gasteiger partial charge in [-0.05, 0) is 6.42 Å². The van der Waals surface area contributed by atoms with E-state index in [1.807, 2.05) is 6.92 Å². The maximum absolute atomic E-state index is 10.6. The molecule has 1 heterocycles. The van der Waals surface area contributed by atoms with Gasteiger partial charge in [-0.2, -0.15) is 5.10 Å². The first-order valence-electron chi connectivity index (χ1n) is 4.76. The van der Waals surface area contributed by atoms with Crippen LogP contribution in [0.15, 0.2) is 21.6 Å². The van der Waals surface area contributed by atoms with Crippen LogP contribution in [0.1, 0.15) is 26.7 Å². The fourth-order valence-corrected chi connectivity index (χ4v) is 1.35. The van der Waals surface area contributed by atoms with E-state index in [0.717, 1.165) is 18.6 Å². The van der Waals surface area contributed by atoms with Gasteiger partial charge < -0.3 is 0 Å². The van der Waals surface area contributed by atoms with Gasteiger partial charge in [0.2, 0.25) is 5.82 Å². The van der Waals surface area contributed by atoms with Crippen molar-refractivity contribution in [3.05, 3.63) is 21.6 Å². The average Bonchev–Trinajstić information content (AvgIpc) is 2.27. The number of rotatable bonds is 3. The summed E-state index contributed by atoms with van der Waals surface area (Å²) >= 11 is 0. The molecule has 0 saturated carbocycles. The van der Waals surface area contributed by atoms with Gasteiger partial charge in [-0.15, -0.1) is 0 Å². The third-order valence-corrected chi connectivity index (χ3v) is 2.30. The predicted octanol–water partition coefficient (Wildman–Crippen LogP) is 1.62. The van der Waals surface area contributed by atoms with E-state index >= 15 is 0 Å². The molecule has 0 unspecified atom stereocenters. The van der Waals surface area contributed by atoms with Crippen molar-refractivity contribution >= 4 is 12.4 Å². The van der Waals surface area contributed by atoms with E-state index in [1.165, 1.54) is 11.9 Å². The highest BCUT2D eigenvalue weighted by Crippen LogP contribution is 2.19. The van der Waals surface area contributed by atoms with Crippen molar-refractivity contribution in [2.75, 3.05) is 6.54 Å². The van der Waals surface area contributed by atoms with Gasteiger partial charge >= 0.3 is 0 Å². The van der Waals surface area contributed by atoms with Crippen LogP contribution >= 0.6 is 0 Å². The van der Waals surface area contributed by atoms with Gasteiger partial charge in [-0.3, -0.25) is 10.1 Å². The first-order valence-corrected chi connectivity index (χ1v) is 4.76. The van der Waals surface area contributed by atoms with E-state index < -0.39 is 4.92 Å². The molecule has 0 amide bonds. The third kappa shape index (κ3) is 2.39. The van der Waals surface area contributed by atoms with Gasteiger partial charge in [0.1, 0.15) is 0 Å². The van der Waals surface area contributed by atoms with Crippen LogP contribution in [0.5, 0.6) is 0 Å². The van der Waals surface area contributed by atoms with E-state index in [0.29, 0.717) is 12.4 Å². The molecule has 0 bridgehead atoms. The van der Waals surface area contributed by atoms with Crippen molar-refractivity contribution in [2.45, 2.75) is 26.7 Å². The zero-order valence-electron chi connectivity index (χ0n) is 8.93. The summed E-state index contributed by atoms with van der Waals surface area (Å²) in [5.41, 5.74) is 0.971. The number of hydrogen-bond acceptors (Lipinski definition) is 5. The van der Waals surface area contributed by atoms with E-state index in [4.69, 9.17) is 0 Å². The molecule has 1 aliphatic heterocycles. The Bertz CT molecular complexity index is 346. The van der Waals surface area contributed by atoms with E-state index in [9.17, 15) is 10.1 Å². The lowest BCUT2D eigenvalue weighted by molar-refractivity contribution is -0.426. The maximum atomic E-state index is 10.6. The summed E-state index contributed by atoms with van der Waals surface area (Å²) < 4.78 is 0. The van der Waals surface area contributed by atoms with Crippen LogP contribution in [-0.4, -0.2) is 28.9 Å². The summed E-state index contributed by atoms with van der Waals surface area (Å²) in [6, 6.07) is 0. The van der Waals surface area contributed by atoms with E-state index in [2.05, 4.69) is 16.8 Å². The number of nitrogens with zero attached hydrogens (tertiary/aromatic N) is 4. The highest BCUT2D eigenvalue weighted by molar-refractivity contribution is 5.86. The Morgan fingerprint density at radius 2 is 2.47 bits per heavy atom. The smallest absolute Gasteiger partial charge is 0.259 e. The van der Waals surface area contributed by atoms with Gasteiger partial charge in [-0.25, -0.2) is 10.0 Å². The van der Waals surface area contributed by atoms with Crippen LogP contribution in [0, 0.1) is 10.1 Å². The molecule has 15 heavy (non-hydrogen) atoms. The highest BCUT2D eigenvalue weighted by atomic mass is 16.6. The molecule has 1 rings (SSSR count). The molecule has 0 fully saturated rings. The van der Waals surface area contributed by atoms with Crippen molar-refractivity contribution in [2.24, 2.45) is 10.1 Å². The summed E-state index contributed by atoms with van der Waals surface area (Å²) in [6.45, 7) is 7.39. The molecule has 0 aromatic heterocycles. The lowest BCUT2D eigenvalue weighted by Gasteiger charge is -2.23. The SMILES string of the molecule is C=NN1CCC(CC)=N/C1=C(/C)[N+](=O)[O-]. The monoisotopic (exact) mass is 210 g/mol. The summed E-state index contributed by atoms with van der Waals surface area (Å²) in [7, 11) is 0. The largest absolute Gasteiger partial charge is 0.287 e. The molecule has 0 saturated heterocycles. The minimum atomic E-state index is -0.449. The summed E-state index contributed by atoms with van der Waals surface area (Å²) in [5, 5.41) is 15.8. The van der Waals surface area contributed by atoms with Crippen molar-refractivity contribution < 1.29 is 4.92 Å². The van der Waals surface area contributed by atoms with Crippen LogP contribution in [0.25, 0.3) is 0 Å². The normalized spacial score (nSPS) is 19.6. The van der Waals surface area contributed by atoms with Gasteiger partial charge in [0.25, 0.3) is 5.70 Å². The summed E-state index contributed by atoms with van der Waals surface area (Å²) in [6.07, 6.45) is 1.59. The number of aliphatic imine (C=N–C) groups is 1. The second kappa shape index (κ2) is 4.68. The van der Waals surface area contributed by atoms with Gasteiger partial charge in [0.15, 0.2) is 0 Å². The fourth-order valence-electron chi connectivity index (χ4n) is 1.35. The lowest BCUT2D eigenvalue weighted by atomic mass is 10.2. The Morgan fingerprint density at radius 3 is 2.93 bits per heavy atom. The highest BCUT2D eigenvalue weighted by Gasteiger charge is 2.23. The van der Waals surface area contributed by atoms with Crippen LogP contribution in [0.2, 0.25) is 0 Å². The minimum absolute atomic E-state index is 0.00745. The predicted molar refractivity (Wildman–Crippen MR) is 58.3 cm³/mol. The molecule has 0 aliphatic carbocycles. The number of hydrogen-bond donors (Lipinski definition) is 0. The molecule has 6 heteroatoms. The Balaban J connectivity index is 3.14. The van der Waals surface area contributed by atoms with Crippen molar-refractivity contribution in [1.82, 2.24) is 5.01 Å². The fraction of sp³-hybridized carbons (Fsp3) is 0.556. The van der Waals surface area contributed by atoms with Crippen LogP contribution in [0.4, 0.5) is 0 Å². The molecule has 0 spiro atoms. The first-order chi connectivity index (χ1) is 7.10. The van der Waals surface area contributed by atoms with E-state index in [-0.39, 0.29) is 5.70 Å². The Kier molecular flexibility index (Phi) is 3.54. The van der Waals surface area contributed by atoms with Gasteiger partial charge in [0, 0.05) is 32.3 Å². The van der Waals surface area contributed by atoms with Crippen molar-refractivity contribution in [3.63, 3.8) is 0 Å². The molecule has 0 aromatic carbocycles. The quantitative estimate of drug-likeness (QED) is 0.403. The topological polar surface area (TPSA) is 71.1 Å². The second-order valence-electron chi connectivity index (χ2n) is 3.21. The molecule has 6 nitrogen and oxygen atoms in total. The minimum Gasteiger partial charge on any atom is -0.259 e. The van der Waals surface area contributed by atoms with Crippen LogP contribution < -0.4 is 0 Å². The molecule has 0 aromatic rings. The average molecular weight is 210 g/mol. The van der Waals surface area contributed by atoms with Crippen LogP contribution in [-0.2, 0) is 0 Å². The first kappa shape index (κ1) is 11.4. The van der Waals surface area contributed by atoms with Crippen molar-refractivity contribution in [1.29, 1.82) is 0 Å². The molecule has 1 aliphatic rings. The molecule has 0 radical (unpaired) electrons. The molecular formula is C9H14N4O2. The van der Waals surface area contributed by atoms with Gasteiger partial charge in [0.05, 0.1) is 4.92 Å². The molecule has 0 atom stereocenters. The standard InChI is InChI=1S/C9H14N4O2/c1-4-8-5-6-12(10-3)9(11-8)7(2)13(14)15/h3-6H2,1-2H3/b9-7+. The zero-order valence-corrected chi connectivity index (χ0v) is 8.93. The number of hydrazone groups is 1. The molecule has 82 valence electrons. The Hall–Kier alpha value is -1.72. The Labute approximate surface area is 88.1 Å². The second-order valence-corrected chi connectivity index (χ2v) is 3.21. The third-order valence-electron chi connectivity index (χ3n) is 2.30. The van der Waals surface area contributed by atoms with E-state index in [1.54, 1.807) is 0 Å². The maximum Gasteiger partial charge on any atom is 0.287 e. The number of allylic oxidation sites excluding steroid dienone is 1. The summed E-state index contributed by atoms with van der Waals surface area (Å²) in [4.78, 5) is 14.4. The van der Waals surface area contributed by atoms with Crippen LogP contribution in [0.3, 0.4) is 0 Å². The van der Waals surface area contributed by atoms with Gasteiger partial charge in [-0.1, -0.05) is 6.92 Å². The zero-order chi connectivity index (χ0) is 11.4. The molecular weight excluding hydrogens is 196 g/mol. The number of nitro groups is 1. The molecule has 0 N–H and O–H groups in total.